The van der Waals surface area contributed by atoms with Gasteiger partial charge in [0.15, 0.2) is 5.65 Å². The molecule has 3 rings (SSSR count). The Labute approximate surface area is 130 Å². The van der Waals surface area contributed by atoms with Crippen LogP contribution in [0.15, 0.2) is 45.6 Å². The molecule has 0 bridgehead atoms. The zero-order chi connectivity index (χ0) is 13.6. The quantitative estimate of drug-likeness (QED) is 0.537. The van der Waals surface area contributed by atoms with Crippen LogP contribution in [-0.2, 0) is 0 Å². The summed E-state index contributed by atoms with van der Waals surface area (Å²) in [6.45, 7) is 0. The van der Waals surface area contributed by atoms with Crippen molar-refractivity contribution in [3.05, 3.63) is 56.4 Å². The number of imidazole rings is 1. The van der Waals surface area contributed by atoms with E-state index in [-0.39, 0.29) is 5.82 Å². The van der Waals surface area contributed by atoms with E-state index in [1.807, 2.05) is 16.7 Å². The van der Waals surface area contributed by atoms with Gasteiger partial charge in [0.2, 0.25) is 0 Å². The molecule has 0 radical (unpaired) electrons. The number of aromatic nitrogens is 2. The number of hydrogen-bond acceptors (Lipinski definition) is 1. The van der Waals surface area contributed by atoms with Crippen molar-refractivity contribution in [3.63, 3.8) is 0 Å². The summed E-state index contributed by atoms with van der Waals surface area (Å²) in [6.07, 6.45) is 3.64. The van der Waals surface area contributed by atoms with Crippen LogP contribution in [0.2, 0.25) is 5.02 Å². The maximum absolute atomic E-state index is 13.9. The van der Waals surface area contributed by atoms with Gasteiger partial charge in [-0.25, -0.2) is 9.37 Å². The van der Waals surface area contributed by atoms with E-state index in [1.165, 1.54) is 6.07 Å². The smallest absolute Gasteiger partial charge is 0.151 e. The van der Waals surface area contributed by atoms with Gasteiger partial charge < -0.3 is 4.40 Å². The molecule has 96 valence electrons. The first-order valence-corrected chi connectivity index (χ1v) is 7.30. The van der Waals surface area contributed by atoms with Crippen LogP contribution in [0.1, 0.15) is 0 Å². The Morgan fingerprint density at radius 1 is 1.16 bits per heavy atom. The van der Waals surface area contributed by atoms with Crippen molar-refractivity contribution in [3.8, 4) is 11.3 Å². The minimum absolute atomic E-state index is 0.369. The Balaban J connectivity index is 2.23. The van der Waals surface area contributed by atoms with Crippen molar-refractivity contribution in [2.45, 2.75) is 0 Å². The molecule has 0 unspecified atom stereocenters. The van der Waals surface area contributed by atoms with Gasteiger partial charge in [0, 0.05) is 27.5 Å². The molecule has 0 amide bonds. The number of halogens is 4. The highest BCUT2D eigenvalue weighted by Gasteiger charge is 2.11. The lowest BCUT2D eigenvalue weighted by Gasteiger charge is -1.98. The lowest BCUT2D eigenvalue weighted by Crippen LogP contribution is -1.83. The number of benzene rings is 1. The zero-order valence-corrected chi connectivity index (χ0v) is 13.3. The van der Waals surface area contributed by atoms with Crippen molar-refractivity contribution >= 4 is 49.1 Å². The highest BCUT2D eigenvalue weighted by molar-refractivity contribution is 9.11. The van der Waals surface area contributed by atoms with Crippen LogP contribution < -0.4 is 0 Å². The third-order valence-electron chi connectivity index (χ3n) is 2.68. The molecule has 2 nitrogen and oxygen atoms in total. The largest absolute Gasteiger partial charge is 0.304 e. The molecule has 1 aromatic carbocycles. The number of hydrogen-bond donors (Lipinski definition) is 0. The minimum atomic E-state index is -0.383. The predicted molar refractivity (Wildman–Crippen MR) is 81.0 cm³/mol. The van der Waals surface area contributed by atoms with E-state index in [4.69, 9.17) is 11.6 Å². The van der Waals surface area contributed by atoms with Crippen LogP contribution >= 0.6 is 43.5 Å². The standard InChI is InChI=1S/C13H6Br2ClFN2/c14-7-3-10(15)13-18-12(6-19(13)5-7)9-2-1-8(16)4-11(9)17/h1-6H. The molecule has 0 saturated carbocycles. The van der Waals surface area contributed by atoms with Gasteiger partial charge in [-0.15, -0.1) is 0 Å². The molecule has 0 spiro atoms. The number of rotatable bonds is 1. The van der Waals surface area contributed by atoms with Crippen molar-refractivity contribution < 1.29 is 4.39 Å². The summed E-state index contributed by atoms with van der Waals surface area (Å²) in [5.74, 6) is -0.383. The van der Waals surface area contributed by atoms with Crippen LogP contribution in [0.25, 0.3) is 16.9 Å². The number of nitrogens with zero attached hydrogens (tertiary/aromatic N) is 2. The van der Waals surface area contributed by atoms with Crippen LogP contribution in [-0.4, -0.2) is 9.38 Å². The van der Waals surface area contributed by atoms with Gasteiger partial charge >= 0.3 is 0 Å². The Kier molecular flexibility index (Phi) is 3.37. The van der Waals surface area contributed by atoms with Crippen LogP contribution in [0.4, 0.5) is 4.39 Å². The first kappa shape index (κ1) is 13.1. The molecule has 0 N–H and O–H groups in total. The van der Waals surface area contributed by atoms with Gasteiger partial charge in [0.1, 0.15) is 5.82 Å². The number of pyridine rings is 1. The fourth-order valence-corrected chi connectivity index (χ4v) is 3.31. The van der Waals surface area contributed by atoms with E-state index in [1.54, 1.807) is 18.3 Å². The molecule has 0 fully saturated rings. The summed E-state index contributed by atoms with van der Waals surface area (Å²) in [5, 5.41) is 0.369. The molecule has 0 aliphatic carbocycles. The second-order valence-electron chi connectivity index (χ2n) is 3.99. The van der Waals surface area contributed by atoms with Gasteiger partial charge in [0.05, 0.1) is 10.2 Å². The molecule has 0 atom stereocenters. The summed E-state index contributed by atoms with van der Waals surface area (Å²) >= 11 is 12.6. The molecule has 0 aliphatic heterocycles. The van der Waals surface area contributed by atoms with Gasteiger partial charge in [0.25, 0.3) is 0 Å². The topological polar surface area (TPSA) is 17.3 Å². The van der Waals surface area contributed by atoms with Crippen molar-refractivity contribution in [2.75, 3.05) is 0 Å². The van der Waals surface area contributed by atoms with E-state index >= 15 is 0 Å². The molecule has 19 heavy (non-hydrogen) atoms. The first-order chi connectivity index (χ1) is 9.04. The van der Waals surface area contributed by atoms with Gasteiger partial charge in [-0.1, -0.05) is 11.6 Å². The van der Waals surface area contributed by atoms with Crippen LogP contribution in [0.3, 0.4) is 0 Å². The maximum Gasteiger partial charge on any atom is 0.151 e. The van der Waals surface area contributed by atoms with Gasteiger partial charge in [-0.3, -0.25) is 0 Å². The molecule has 3 aromatic rings. The molecule has 6 heteroatoms. The summed E-state index contributed by atoms with van der Waals surface area (Å²) in [7, 11) is 0. The normalized spacial score (nSPS) is 11.2. The second kappa shape index (κ2) is 4.89. The summed E-state index contributed by atoms with van der Waals surface area (Å²) in [4.78, 5) is 4.43. The summed E-state index contributed by atoms with van der Waals surface area (Å²) in [5.41, 5.74) is 1.72. The van der Waals surface area contributed by atoms with Gasteiger partial charge in [-0.2, -0.15) is 0 Å². The second-order valence-corrected chi connectivity index (χ2v) is 6.19. The van der Waals surface area contributed by atoms with E-state index in [2.05, 4.69) is 36.8 Å². The van der Waals surface area contributed by atoms with E-state index in [0.717, 1.165) is 14.6 Å². The molecule has 2 heterocycles. The Morgan fingerprint density at radius 3 is 2.68 bits per heavy atom. The fourth-order valence-electron chi connectivity index (χ4n) is 1.85. The van der Waals surface area contributed by atoms with Crippen molar-refractivity contribution in [1.29, 1.82) is 0 Å². The Hall–Kier alpha value is -0.910. The summed E-state index contributed by atoms with van der Waals surface area (Å²) in [6, 6.07) is 6.45. The third kappa shape index (κ3) is 2.42. The van der Waals surface area contributed by atoms with Crippen LogP contribution in [0, 0.1) is 5.82 Å². The monoisotopic (exact) mass is 402 g/mol. The molecular formula is C13H6Br2ClFN2. The fraction of sp³-hybridized carbons (Fsp3) is 0. The highest BCUT2D eigenvalue weighted by Crippen LogP contribution is 2.28. The third-order valence-corrected chi connectivity index (χ3v) is 3.93. The molecule has 2 aromatic heterocycles. The minimum Gasteiger partial charge on any atom is -0.304 e. The van der Waals surface area contributed by atoms with E-state index in [9.17, 15) is 4.39 Å². The summed E-state index contributed by atoms with van der Waals surface area (Å²) < 4.78 is 17.5. The zero-order valence-electron chi connectivity index (χ0n) is 9.37. The maximum atomic E-state index is 13.9. The Morgan fingerprint density at radius 2 is 1.95 bits per heavy atom. The highest BCUT2D eigenvalue weighted by atomic mass is 79.9. The van der Waals surface area contributed by atoms with Crippen LogP contribution in [0.5, 0.6) is 0 Å². The molecule has 0 saturated heterocycles. The van der Waals surface area contributed by atoms with Crippen molar-refractivity contribution in [2.24, 2.45) is 0 Å². The first-order valence-electron chi connectivity index (χ1n) is 5.34. The Bertz CT molecular complexity index is 786. The average Bonchev–Trinajstić information content (AvgIpc) is 2.72. The van der Waals surface area contributed by atoms with E-state index in [0.29, 0.717) is 16.3 Å². The lowest BCUT2D eigenvalue weighted by atomic mass is 10.1. The average molecular weight is 404 g/mol. The molecule has 0 aliphatic rings. The van der Waals surface area contributed by atoms with E-state index < -0.39 is 0 Å². The predicted octanol–water partition coefficient (Wildman–Crippen LogP) is 5.32. The number of fused-ring (bicyclic) bond motifs is 1. The van der Waals surface area contributed by atoms with Gasteiger partial charge in [-0.05, 0) is 56.1 Å². The lowest BCUT2D eigenvalue weighted by molar-refractivity contribution is 0.631. The van der Waals surface area contributed by atoms with Crippen molar-refractivity contribution in [1.82, 2.24) is 9.38 Å². The molecular weight excluding hydrogens is 398 g/mol. The SMILES string of the molecule is Fc1cc(Cl)ccc1-c1cn2cc(Br)cc(Br)c2n1.